The third-order valence-corrected chi connectivity index (χ3v) is 2.31. The van der Waals surface area contributed by atoms with Crippen LogP contribution in [0.2, 0.25) is 0 Å². The number of rotatable bonds is 4. The average molecular weight is 204 g/mol. The van der Waals surface area contributed by atoms with E-state index in [1.54, 1.807) is 6.07 Å². The van der Waals surface area contributed by atoms with Gasteiger partial charge in [0, 0.05) is 18.8 Å². The number of aliphatic hydroxyl groups excluding tert-OH is 1. The van der Waals surface area contributed by atoms with Gasteiger partial charge in [-0.15, -0.1) is 0 Å². The molecule has 1 aromatic rings. The maximum absolute atomic E-state index is 8.87. The molecule has 0 aromatic heterocycles. The van der Waals surface area contributed by atoms with Crippen molar-refractivity contribution in [1.29, 1.82) is 5.26 Å². The van der Waals surface area contributed by atoms with Crippen LogP contribution in [0.15, 0.2) is 18.2 Å². The smallest absolute Gasteiger partial charge is 0.0994 e. The highest BCUT2D eigenvalue weighted by Crippen LogP contribution is 2.14. The van der Waals surface area contributed by atoms with Crippen molar-refractivity contribution in [1.82, 2.24) is 0 Å². The molecule has 0 radical (unpaired) electrons. The van der Waals surface area contributed by atoms with Crippen LogP contribution in [0, 0.1) is 24.2 Å². The molecule has 0 spiro atoms. The molecule has 0 saturated heterocycles. The lowest BCUT2D eigenvalue weighted by atomic mass is 10.1. The Morgan fingerprint density at radius 2 is 2.27 bits per heavy atom. The van der Waals surface area contributed by atoms with E-state index in [1.807, 2.05) is 26.0 Å². The highest BCUT2D eigenvalue weighted by molar-refractivity contribution is 5.51. The Labute approximate surface area is 90.4 Å². The first-order chi connectivity index (χ1) is 7.17. The normalized spacial score (nSPS) is 11.9. The lowest BCUT2D eigenvalue weighted by Gasteiger charge is -2.11. The van der Waals surface area contributed by atoms with Gasteiger partial charge in [0.05, 0.1) is 11.6 Å². The maximum atomic E-state index is 8.87. The molecule has 2 N–H and O–H groups in total. The number of hydrogen-bond acceptors (Lipinski definition) is 3. The zero-order chi connectivity index (χ0) is 11.3. The molecular weight excluding hydrogens is 188 g/mol. The Morgan fingerprint density at radius 1 is 1.53 bits per heavy atom. The first kappa shape index (κ1) is 11.5. The van der Waals surface area contributed by atoms with E-state index in [1.165, 1.54) is 0 Å². The number of aliphatic hydroxyl groups is 1. The topological polar surface area (TPSA) is 56.0 Å². The summed E-state index contributed by atoms with van der Waals surface area (Å²) in [5.41, 5.74) is 2.67. The Balaban J connectivity index is 2.64. The fraction of sp³-hybridized carbons (Fsp3) is 0.417. The number of nitrogens with zero attached hydrogens (tertiary/aromatic N) is 1. The Hall–Kier alpha value is -1.53. The van der Waals surface area contributed by atoms with E-state index >= 15 is 0 Å². The second-order valence-electron chi connectivity index (χ2n) is 3.81. The van der Waals surface area contributed by atoms with Gasteiger partial charge in [-0.2, -0.15) is 5.26 Å². The third kappa shape index (κ3) is 3.26. The standard InChI is InChI=1S/C12H16N2O/c1-9(8-15)7-14-12-4-3-11(6-13)10(2)5-12/h3-5,9,14-15H,7-8H2,1-2H3. The minimum Gasteiger partial charge on any atom is -0.396 e. The van der Waals surface area contributed by atoms with E-state index in [0.29, 0.717) is 5.56 Å². The Bertz CT molecular complexity index is 368. The van der Waals surface area contributed by atoms with Gasteiger partial charge in [0.1, 0.15) is 0 Å². The minimum atomic E-state index is 0.183. The minimum absolute atomic E-state index is 0.183. The van der Waals surface area contributed by atoms with Gasteiger partial charge >= 0.3 is 0 Å². The zero-order valence-electron chi connectivity index (χ0n) is 9.12. The fourth-order valence-corrected chi connectivity index (χ4v) is 1.26. The predicted molar refractivity (Wildman–Crippen MR) is 60.6 cm³/mol. The van der Waals surface area contributed by atoms with Crippen LogP contribution in [-0.2, 0) is 0 Å². The van der Waals surface area contributed by atoms with Crippen molar-refractivity contribution in [3.8, 4) is 6.07 Å². The number of nitriles is 1. The van der Waals surface area contributed by atoms with Crippen LogP contribution in [0.1, 0.15) is 18.1 Å². The average Bonchev–Trinajstić information content (AvgIpc) is 2.26. The van der Waals surface area contributed by atoms with Crippen molar-refractivity contribution in [2.24, 2.45) is 5.92 Å². The molecule has 1 atom stereocenters. The number of nitrogens with one attached hydrogen (secondary N) is 1. The van der Waals surface area contributed by atoms with Crippen molar-refractivity contribution >= 4 is 5.69 Å². The van der Waals surface area contributed by atoms with Crippen molar-refractivity contribution in [3.05, 3.63) is 29.3 Å². The highest BCUT2D eigenvalue weighted by Gasteiger charge is 2.01. The van der Waals surface area contributed by atoms with Crippen molar-refractivity contribution < 1.29 is 5.11 Å². The quantitative estimate of drug-likeness (QED) is 0.787. The van der Waals surface area contributed by atoms with Crippen LogP contribution in [0.3, 0.4) is 0 Å². The van der Waals surface area contributed by atoms with Crippen molar-refractivity contribution in [3.63, 3.8) is 0 Å². The van der Waals surface area contributed by atoms with Crippen LogP contribution >= 0.6 is 0 Å². The number of hydrogen-bond donors (Lipinski definition) is 2. The molecule has 15 heavy (non-hydrogen) atoms. The summed E-state index contributed by atoms with van der Waals surface area (Å²) >= 11 is 0. The molecule has 0 aliphatic carbocycles. The van der Waals surface area contributed by atoms with Crippen LogP contribution < -0.4 is 5.32 Å². The van der Waals surface area contributed by atoms with Crippen molar-refractivity contribution in [2.75, 3.05) is 18.5 Å². The summed E-state index contributed by atoms with van der Waals surface area (Å²) in [6.07, 6.45) is 0. The first-order valence-electron chi connectivity index (χ1n) is 5.03. The summed E-state index contributed by atoms with van der Waals surface area (Å²) < 4.78 is 0. The van der Waals surface area contributed by atoms with Crippen molar-refractivity contribution in [2.45, 2.75) is 13.8 Å². The summed E-state index contributed by atoms with van der Waals surface area (Å²) in [5.74, 6) is 0.237. The van der Waals surface area contributed by atoms with E-state index < -0.39 is 0 Å². The molecule has 0 fully saturated rings. The molecule has 1 aromatic carbocycles. The largest absolute Gasteiger partial charge is 0.396 e. The van der Waals surface area contributed by atoms with E-state index in [0.717, 1.165) is 17.8 Å². The summed E-state index contributed by atoms with van der Waals surface area (Å²) in [4.78, 5) is 0. The van der Waals surface area contributed by atoms with Crippen LogP contribution in [0.5, 0.6) is 0 Å². The second-order valence-corrected chi connectivity index (χ2v) is 3.81. The molecule has 80 valence electrons. The van der Waals surface area contributed by atoms with Crippen LogP contribution in [0.25, 0.3) is 0 Å². The van der Waals surface area contributed by atoms with Gasteiger partial charge in [-0.3, -0.25) is 0 Å². The van der Waals surface area contributed by atoms with E-state index in [9.17, 15) is 0 Å². The lowest BCUT2D eigenvalue weighted by Crippen LogP contribution is -2.14. The fourth-order valence-electron chi connectivity index (χ4n) is 1.26. The molecule has 0 amide bonds. The summed E-state index contributed by atoms with van der Waals surface area (Å²) in [5, 5.41) is 20.8. The highest BCUT2D eigenvalue weighted by atomic mass is 16.3. The molecule has 0 aliphatic heterocycles. The molecule has 0 aliphatic rings. The van der Waals surface area contributed by atoms with E-state index in [2.05, 4.69) is 11.4 Å². The first-order valence-corrected chi connectivity index (χ1v) is 5.03. The summed E-state index contributed by atoms with van der Waals surface area (Å²) in [7, 11) is 0. The zero-order valence-corrected chi connectivity index (χ0v) is 9.12. The van der Waals surface area contributed by atoms with Gasteiger partial charge in [-0.05, 0) is 36.6 Å². The van der Waals surface area contributed by atoms with Gasteiger partial charge < -0.3 is 10.4 Å². The SMILES string of the molecule is Cc1cc(NCC(C)CO)ccc1C#N. The second kappa shape index (κ2) is 5.38. The molecule has 0 heterocycles. The molecule has 1 unspecified atom stereocenters. The van der Waals surface area contributed by atoms with Crippen LogP contribution in [-0.4, -0.2) is 18.3 Å². The lowest BCUT2D eigenvalue weighted by molar-refractivity contribution is 0.244. The molecule has 3 nitrogen and oxygen atoms in total. The van der Waals surface area contributed by atoms with E-state index in [-0.39, 0.29) is 12.5 Å². The predicted octanol–water partition coefficient (Wildman–Crippen LogP) is 1.91. The van der Waals surface area contributed by atoms with Gasteiger partial charge in [0.15, 0.2) is 0 Å². The summed E-state index contributed by atoms with van der Waals surface area (Å²) in [6, 6.07) is 7.77. The Kier molecular flexibility index (Phi) is 4.14. The molecular formula is C12H16N2O. The number of aryl methyl sites for hydroxylation is 1. The van der Waals surface area contributed by atoms with Gasteiger partial charge in [0.2, 0.25) is 0 Å². The third-order valence-electron chi connectivity index (χ3n) is 2.31. The maximum Gasteiger partial charge on any atom is 0.0994 e. The molecule has 0 saturated carbocycles. The number of benzene rings is 1. The summed E-state index contributed by atoms with van der Waals surface area (Å²) in [6.45, 7) is 4.81. The Morgan fingerprint density at radius 3 is 2.80 bits per heavy atom. The molecule has 1 rings (SSSR count). The van der Waals surface area contributed by atoms with Gasteiger partial charge in [0.25, 0.3) is 0 Å². The van der Waals surface area contributed by atoms with Gasteiger partial charge in [-0.25, -0.2) is 0 Å². The van der Waals surface area contributed by atoms with Gasteiger partial charge in [-0.1, -0.05) is 6.92 Å². The van der Waals surface area contributed by atoms with Crippen LogP contribution in [0.4, 0.5) is 5.69 Å². The monoisotopic (exact) mass is 204 g/mol. The molecule has 3 heteroatoms. The molecule has 0 bridgehead atoms. The van der Waals surface area contributed by atoms with E-state index in [4.69, 9.17) is 10.4 Å². The number of anilines is 1.